The molecule has 0 saturated carbocycles. The summed E-state index contributed by atoms with van der Waals surface area (Å²) in [5.41, 5.74) is 0. The third-order valence-corrected chi connectivity index (χ3v) is 7.99. The Morgan fingerprint density at radius 3 is 1.40 bits per heavy atom. The van der Waals surface area contributed by atoms with Crippen LogP contribution >= 0.6 is 0 Å². The van der Waals surface area contributed by atoms with E-state index in [1.165, 1.54) is 109 Å². The van der Waals surface area contributed by atoms with E-state index < -0.39 is 5.97 Å². The summed E-state index contributed by atoms with van der Waals surface area (Å²) in [5, 5.41) is 8.78. The van der Waals surface area contributed by atoms with Crippen LogP contribution in [0.3, 0.4) is 0 Å². The van der Waals surface area contributed by atoms with Gasteiger partial charge in [-0.3, -0.25) is 9.59 Å². The molecular formula is C36H68O4. The number of carbonyl (C=O) groups is 2. The molecule has 0 rings (SSSR count). The zero-order valence-electron chi connectivity index (χ0n) is 26.9. The van der Waals surface area contributed by atoms with Crippen LogP contribution in [0.4, 0.5) is 0 Å². The Morgan fingerprint density at radius 1 is 0.525 bits per heavy atom. The van der Waals surface area contributed by atoms with E-state index in [1.54, 1.807) is 0 Å². The smallest absolute Gasteiger partial charge is 0.306 e. The standard InChI is InChI=1S/C36H68O4/c1-3-5-7-9-11-13-15-16-18-20-25-29-33-36(39)40-34(31-27-23-21-24-28-32-35(37)38)30-26-22-19-17-14-12-10-8-6-4-2/h11,13,34H,3-10,12,14-33H2,1-2H3,(H,37,38)/b13-11-. The fraction of sp³-hybridized carbons (Fsp3) is 0.889. The summed E-state index contributed by atoms with van der Waals surface area (Å²) in [6, 6.07) is 0. The van der Waals surface area contributed by atoms with Gasteiger partial charge in [-0.25, -0.2) is 0 Å². The second kappa shape index (κ2) is 32.2. The summed E-state index contributed by atoms with van der Waals surface area (Å²) in [6.45, 7) is 4.52. The van der Waals surface area contributed by atoms with Gasteiger partial charge in [-0.05, 0) is 64.2 Å². The van der Waals surface area contributed by atoms with E-state index in [1.807, 2.05) is 0 Å². The molecule has 0 bridgehead atoms. The van der Waals surface area contributed by atoms with Crippen molar-refractivity contribution < 1.29 is 19.4 Å². The van der Waals surface area contributed by atoms with Gasteiger partial charge in [-0.2, -0.15) is 0 Å². The maximum atomic E-state index is 12.6. The minimum atomic E-state index is -0.700. The summed E-state index contributed by atoms with van der Waals surface area (Å²) in [5.74, 6) is -0.706. The van der Waals surface area contributed by atoms with Crippen molar-refractivity contribution >= 4 is 11.9 Å². The van der Waals surface area contributed by atoms with Gasteiger partial charge >= 0.3 is 11.9 Å². The average molecular weight is 565 g/mol. The predicted octanol–water partition coefficient (Wildman–Crippen LogP) is 11.9. The number of rotatable bonds is 32. The first-order chi connectivity index (χ1) is 19.6. The van der Waals surface area contributed by atoms with Crippen LogP contribution in [-0.2, 0) is 14.3 Å². The topological polar surface area (TPSA) is 63.6 Å². The highest BCUT2D eigenvalue weighted by Crippen LogP contribution is 2.19. The van der Waals surface area contributed by atoms with Crippen LogP contribution in [0.15, 0.2) is 12.2 Å². The van der Waals surface area contributed by atoms with Gasteiger partial charge in [0, 0.05) is 12.8 Å². The Morgan fingerprint density at radius 2 is 0.900 bits per heavy atom. The largest absolute Gasteiger partial charge is 0.481 e. The molecule has 236 valence electrons. The number of ether oxygens (including phenoxy) is 1. The molecule has 1 N–H and O–H groups in total. The van der Waals surface area contributed by atoms with E-state index in [9.17, 15) is 9.59 Å². The van der Waals surface area contributed by atoms with Gasteiger partial charge in [0.15, 0.2) is 0 Å². The van der Waals surface area contributed by atoms with Crippen molar-refractivity contribution in [2.45, 2.75) is 206 Å². The minimum Gasteiger partial charge on any atom is -0.481 e. The van der Waals surface area contributed by atoms with Gasteiger partial charge < -0.3 is 9.84 Å². The van der Waals surface area contributed by atoms with E-state index in [4.69, 9.17) is 9.84 Å². The number of hydrogen-bond donors (Lipinski definition) is 1. The van der Waals surface area contributed by atoms with Crippen molar-refractivity contribution in [3.05, 3.63) is 12.2 Å². The van der Waals surface area contributed by atoms with Crippen molar-refractivity contribution in [3.8, 4) is 0 Å². The predicted molar refractivity (Wildman–Crippen MR) is 172 cm³/mol. The van der Waals surface area contributed by atoms with E-state index >= 15 is 0 Å². The minimum absolute atomic E-state index is 0.00597. The number of aliphatic carboxylic acids is 1. The molecule has 0 heterocycles. The second-order valence-electron chi connectivity index (χ2n) is 12.1. The molecule has 4 nitrogen and oxygen atoms in total. The number of hydrogen-bond acceptors (Lipinski definition) is 3. The van der Waals surface area contributed by atoms with Gasteiger partial charge in [-0.15, -0.1) is 0 Å². The normalized spacial score (nSPS) is 12.2. The Bertz CT molecular complexity index is 571. The summed E-state index contributed by atoms with van der Waals surface area (Å²) in [7, 11) is 0. The molecule has 0 aliphatic heterocycles. The van der Waals surface area contributed by atoms with E-state index in [0.29, 0.717) is 6.42 Å². The molecule has 0 aromatic carbocycles. The lowest BCUT2D eigenvalue weighted by atomic mass is 10.0. The first-order valence-corrected chi connectivity index (χ1v) is 17.7. The van der Waals surface area contributed by atoms with Crippen molar-refractivity contribution in [2.75, 3.05) is 0 Å². The third kappa shape index (κ3) is 31.2. The van der Waals surface area contributed by atoms with Crippen LogP contribution in [0, 0.1) is 0 Å². The quantitative estimate of drug-likeness (QED) is 0.0501. The molecule has 0 aliphatic carbocycles. The van der Waals surface area contributed by atoms with Crippen molar-refractivity contribution in [3.63, 3.8) is 0 Å². The molecule has 1 unspecified atom stereocenters. The van der Waals surface area contributed by atoms with E-state index in [-0.39, 0.29) is 18.5 Å². The Labute approximate surface area is 249 Å². The lowest BCUT2D eigenvalue weighted by molar-refractivity contribution is -0.150. The molecule has 0 radical (unpaired) electrons. The summed E-state index contributed by atoms with van der Waals surface area (Å²) in [4.78, 5) is 23.2. The molecular weight excluding hydrogens is 496 g/mol. The summed E-state index contributed by atoms with van der Waals surface area (Å²) in [6.07, 6.45) is 37.9. The Hall–Kier alpha value is -1.32. The highest BCUT2D eigenvalue weighted by Gasteiger charge is 2.14. The SMILES string of the molecule is CCCCC/C=C\CCCCCCCC(=O)OC(CCCCCCCCCCCC)CCCCCCCC(=O)O. The monoisotopic (exact) mass is 565 g/mol. The highest BCUT2D eigenvalue weighted by molar-refractivity contribution is 5.69. The molecule has 4 heteroatoms. The first-order valence-electron chi connectivity index (χ1n) is 17.7. The highest BCUT2D eigenvalue weighted by atomic mass is 16.5. The van der Waals surface area contributed by atoms with Crippen LogP contribution < -0.4 is 0 Å². The number of carbonyl (C=O) groups excluding carboxylic acids is 1. The van der Waals surface area contributed by atoms with Gasteiger partial charge in [-0.1, -0.05) is 135 Å². The third-order valence-electron chi connectivity index (χ3n) is 7.99. The molecule has 0 aliphatic rings. The van der Waals surface area contributed by atoms with E-state index in [0.717, 1.165) is 64.2 Å². The van der Waals surface area contributed by atoms with Crippen molar-refractivity contribution in [1.29, 1.82) is 0 Å². The zero-order chi connectivity index (χ0) is 29.4. The van der Waals surface area contributed by atoms with Crippen molar-refractivity contribution in [2.24, 2.45) is 0 Å². The fourth-order valence-electron chi connectivity index (χ4n) is 5.35. The van der Waals surface area contributed by atoms with Gasteiger partial charge in [0.2, 0.25) is 0 Å². The first kappa shape index (κ1) is 38.7. The number of carboxylic acid groups (broad SMARTS) is 1. The van der Waals surface area contributed by atoms with Gasteiger partial charge in [0.1, 0.15) is 6.10 Å². The average Bonchev–Trinajstić information content (AvgIpc) is 2.93. The molecule has 0 fully saturated rings. The van der Waals surface area contributed by atoms with Gasteiger partial charge in [0.05, 0.1) is 0 Å². The molecule has 0 aromatic rings. The molecule has 0 spiro atoms. The number of carboxylic acids is 1. The number of unbranched alkanes of at least 4 members (excludes halogenated alkanes) is 21. The molecule has 0 saturated heterocycles. The zero-order valence-corrected chi connectivity index (χ0v) is 26.9. The van der Waals surface area contributed by atoms with Gasteiger partial charge in [0.25, 0.3) is 0 Å². The van der Waals surface area contributed by atoms with Crippen LogP contribution in [0.5, 0.6) is 0 Å². The molecule has 1 atom stereocenters. The molecule has 0 aromatic heterocycles. The number of esters is 1. The van der Waals surface area contributed by atoms with Crippen LogP contribution in [0.25, 0.3) is 0 Å². The lowest BCUT2D eigenvalue weighted by Gasteiger charge is -2.18. The van der Waals surface area contributed by atoms with Crippen LogP contribution in [-0.4, -0.2) is 23.1 Å². The van der Waals surface area contributed by atoms with Crippen LogP contribution in [0.1, 0.15) is 200 Å². The van der Waals surface area contributed by atoms with E-state index in [2.05, 4.69) is 26.0 Å². The summed E-state index contributed by atoms with van der Waals surface area (Å²) >= 11 is 0. The lowest BCUT2D eigenvalue weighted by Crippen LogP contribution is -2.18. The summed E-state index contributed by atoms with van der Waals surface area (Å²) < 4.78 is 5.97. The fourth-order valence-corrected chi connectivity index (χ4v) is 5.35. The Balaban J connectivity index is 4.05. The Kier molecular flexibility index (Phi) is 31.1. The molecule has 0 amide bonds. The maximum Gasteiger partial charge on any atom is 0.306 e. The second-order valence-corrected chi connectivity index (χ2v) is 12.1. The number of allylic oxidation sites excluding steroid dienone is 2. The maximum absolute atomic E-state index is 12.6. The van der Waals surface area contributed by atoms with Crippen molar-refractivity contribution in [1.82, 2.24) is 0 Å². The molecule has 40 heavy (non-hydrogen) atoms. The van der Waals surface area contributed by atoms with Crippen LogP contribution in [0.2, 0.25) is 0 Å².